The molecular formula is C23H20F2N6O. The number of nitrogens with two attached hydrogens (primary N) is 2. The molecule has 0 saturated carbocycles. The van der Waals surface area contributed by atoms with Gasteiger partial charge in [0.1, 0.15) is 11.3 Å². The molecule has 162 valence electrons. The number of rotatable bonds is 3. The van der Waals surface area contributed by atoms with E-state index in [1.807, 2.05) is 25.4 Å². The van der Waals surface area contributed by atoms with Gasteiger partial charge in [0.2, 0.25) is 0 Å². The molecule has 0 bridgehead atoms. The van der Waals surface area contributed by atoms with Gasteiger partial charge in [-0.15, -0.1) is 0 Å². The number of aryl methyl sites for hydroxylation is 1. The molecule has 7 nitrogen and oxygen atoms in total. The lowest BCUT2D eigenvalue weighted by molar-refractivity contribution is 0.445. The van der Waals surface area contributed by atoms with Crippen molar-refractivity contribution < 1.29 is 13.5 Å². The predicted molar refractivity (Wildman–Crippen MR) is 119 cm³/mol. The molecule has 2 aromatic carbocycles. The van der Waals surface area contributed by atoms with Gasteiger partial charge in [-0.25, -0.2) is 13.3 Å². The Morgan fingerprint density at radius 3 is 2.19 bits per heavy atom. The minimum absolute atomic E-state index is 0.106. The first-order chi connectivity index (χ1) is 15.4. The quantitative estimate of drug-likeness (QED) is 0.403. The zero-order valence-corrected chi connectivity index (χ0v) is 17.1. The number of aromatic nitrogens is 4. The van der Waals surface area contributed by atoms with Crippen molar-refractivity contribution in [2.75, 3.05) is 11.5 Å². The second kappa shape index (κ2) is 8.76. The highest BCUT2D eigenvalue weighted by atomic mass is 19.1. The first-order valence-corrected chi connectivity index (χ1v) is 9.60. The van der Waals surface area contributed by atoms with Crippen LogP contribution in [0.15, 0.2) is 79.3 Å². The van der Waals surface area contributed by atoms with Crippen molar-refractivity contribution in [3.63, 3.8) is 0 Å². The number of benzene rings is 2. The fourth-order valence-corrected chi connectivity index (χ4v) is 3.06. The number of pyridine rings is 1. The predicted octanol–water partition coefficient (Wildman–Crippen LogP) is 4.66. The number of hydrogen-bond donors (Lipinski definition) is 2. The van der Waals surface area contributed by atoms with Crippen LogP contribution in [0.2, 0.25) is 0 Å². The van der Waals surface area contributed by atoms with Crippen molar-refractivity contribution in [2.45, 2.75) is 0 Å². The summed E-state index contributed by atoms with van der Waals surface area (Å²) in [5.74, 6) is -0.165. The summed E-state index contributed by atoms with van der Waals surface area (Å²) in [5, 5.41) is 8.42. The third-order valence-corrected chi connectivity index (χ3v) is 4.63. The summed E-state index contributed by atoms with van der Waals surface area (Å²) in [6.07, 6.45) is 5.25. The Kier molecular flexibility index (Phi) is 5.71. The molecule has 0 amide bonds. The van der Waals surface area contributed by atoms with E-state index in [9.17, 15) is 8.78 Å². The number of halogens is 2. The van der Waals surface area contributed by atoms with Crippen molar-refractivity contribution in [1.29, 1.82) is 0 Å². The Morgan fingerprint density at radius 1 is 0.812 bits per heavy atom. The smallest absolute Gasteiger partial charge is 0.167 e. The standard InChI is InChI=1S/C17H14FN5O.C6H6FN/c1-22-14(4-6-20-22)11-8-17(15-5-7-21-23(15)10-11)24-16-3-2-12(19)9-13(16)18;7-5-1-3-6(8)4-2-5/h2-10H,19H2,1H3;1-4H,8H2. The summed E-state index contributed by atoms with van der Waals surface area (Å²) in [7, 11) is 1.85. The highest BCUT2D eigenvalue weighted by Gasteiger charge is 2.13. The summed E-state index contributed by atoms with van der Waals surface area (Å²) < 4.78 is 35.3. The summed E-state index contributed by atoms with van der Waals surface area (Å²) in [5.41, 5.74) is 14.3. The summed E-state index contributed by atoms with van der Waals surface area (Å²) in [6.45, 7) is 0. The molecule has 9 heteroatoms. The molecule has 3 heterocycles. The van der Waals surface area contributed by atoms with Crippen LogP contribution < -0.4 is 16.2 Å². The number of nitrogens with zero attached hydrogens (tertiary/aromatic N) is 4. The highest BCUT2D eigenvalue weighted by molar-refractivity contribution is 5.69. The largest absolute Gasteiger partial charge is 0.452 e. The summed E-state index contributed by atoms with van der Waals surface area (Å²) in [6, 6.07) is 15.6. The number of fused-ring (bicyclic) bond motifs is 1. The molecule has 0 aliphatic rings. The second-order valence-corrected chi connectivity index (χ2v) is 6.94. The van der Waals surface area contributed by atoms with Crippen LogP contribution in [0.1, 0.15) is 0 Å². The minimum atomic E-state index is -0.515. The van der Waals surface area contributed by atoms with Crippen LogP contribution in [-0.4, -0.2) is 19.4 Å². The van der Waals surface area contributed by atoms with E-state index in [0.29, 0.717) is 17.1 Å². The Balaban J connectivity index is 0.000000260. The maximum Gasteiger partial charge on any atom is 0.167 e. The molecule has 0 aliphatic carbocycles. The zero-order valence-electron chi connectivity index (χ0n) is 17.1. The van der Waals surface area contributed by atoms with Gasteiger partial charge in [-0.2, -0.15) is 10.2 Å². The van der Waals surface area contributed by atoms with Crippen LogP contribution in [0.25, 0.3) is 16.8 Å². The van der Waals surface area contributed by atoms with E-state index in [-0.39, 0.29) is 11.6 Å². The topological polar surface area (TPSA) is 96.4 Å². The molecule has 0 aliphatic heterocycles. The van der Waals surface area contributed by atoms with Gasteiger partial charge in [0.25, 0.3) is 0 Å². The molecule has 5 aromatic rings. The van der Waals surface area contributed by atoms with Gasteiger partial charge in [-0.3, -0.25) is 4.68 Å². The Morgan fingerprint density at radius 2 is 1.53 bits per heavy atom. The minimum Gasteiger partial charge on any atom is -0.452 e. The number of anilines is 2. The zero-order chi connectivity index (χ0) is 22.7. The van der Waals surface area contributed by atoms with Gasteiger partial charge in [-0.1, -0.05) is 0 Å². The Hall–Kier alpha value is -4.40. The molecule has 0 saturated heterocycles. The van der Waals surface area contributed by atoms with Crippen LogP contribution in [0.5, 0.6) is 11.5 Å². The second-order valence-electron chi connectivity index (χ2n) is 6.94. The molecule has 0 atom stereocenters. The van der Waals surface area contributed by atoms with E-state index < -0.39 is 5.82 Å². The SMILES string of the molecule is Cn1nccc1-c1cc(Oc2ccc(N)cc2F)c2ccnn2c1.Nc1ccc(F)cc1. The van der Waals surface area contributed by atoms with Crippen molar-refractivity contribution in [3.05, 3.63) is 90.9 Å². The molecule has 4 N–H and O–H groups in total. The third kappa shape index (κ3) is 4.51. The van der Waals surface area contributed by atoms with Gasteiger partial charge in [0, 0.05) is 42.4 Å². The number of hydrogen-bond acceptors (Lipinski definition) is 5. The van der Waals surface area contributed by atoms with Gasteiger partial charge < -0.3 is 16.2 Å². The normalized spacial score (nSPS) is 10.6. The average molecular weight is 434 g/mol. The van der Waals surface area contributed by atoms with E-state index in [1.165, 1.54) is 36.4 Å². The van der Waals surface area contributed by atoms with E-state index in [1.54, 1.807) is 33.7 Å². The van der Waals surface area contributed by atoms with Crippen LogP contribution >= 0.6 is 0 Å². The molecule has 3 aromatic heterocycles. The first kappa shape index (κ1) is 20.9. The van der Waals surface area contributed by atoms with Gasteiger partial charge >= 0.3 is 0 Å². The van der Waals surface area contributed by atoms with E-state index in [2.05, 4.69) is 10.2 Å². The maximum absolute atomic E-state index is 14.1. The van der Waals surface area contributed by atoms with Gasteiger partial charge in [-0.05, 0) is 54.6 Å². The van der Waals surface area contributed by atoms with E-state index >= 15 is 0 Å². The number of ether oxygens (including phenoxy) is 1. The molecule has 0 spiro atoms. The van der Waals surface area contributed by atoms with Crippen LogP contribution in [-0.2, 0) is 7.05 Å². The molecule has 0 unspecified atom stereocenters. The maximum atomic E-state index is 14.1. The molecule has 0 fully saturated rings. The van der Waals surface area contributed by atoms with Crippen molar-refractivity contribution in [2.24, 2.45) is 7.05 Å². The monoisotopic (exact) mass is 434 g/mol. The third-order valence-electron chi connectivity index (χ3n) is 4.63. The fraction of sp³-hybridized carbons (Fsp3) is 0.0435. The van der Waals surface area contributed by atoms with Crippen molar-refractivity contribution in [3.8, 4) is 22.8 Å². The van der Waals surface area contributed by atoms with E-state index in [0.717, 1.165) is 16.8 Å². The lowest BCUT2D eigenvalue weighted by Crippen LogP contribution is -1.98. The van der Waals surface area contributed by atoms with Crippen LogP contribution in [0.3, 0.4) is 0 Å². The lowest BCUT2D eigenvalue weighted by Gasteiger charge is -2.11. The molecular weight excluding hydrogens is 414 g/mol. The highest BCUT2D eigenvalue weighted by Crippen LogP contribution is 2.32. The van der Waals surface area contributed by atoms with Gasteiger partial charge in [0.05, 0.1) is 11.9 Å². The fourth-order valence-electron chi connectivity index (χ4n) is 3.06. The Bertz CT molecular complexity index is 1340. The number of nitrogen functional groups attached to an aromatic ring is 2. The van der Waals surface area contributed by atoms with Crippen molar-refractivity contribution in [1.82, 2.24) is 19.4 Å². The van der Waals surface area contributed by atoms with Gasteiger partial charge in [0.15, 0.2) is 17.3 Å². The van der Waals surface area contributed by atoms with Crippen LogP contribution in [0.4, 0.5) is 20.2 Å². The summed E-state index contributed by atoms with van der Waals surface area (Å²) in [4.78, 5) is 0. The van der Waals surface area contributed by atoms with Crippen LogP contribution in [0, 0.1) is 11.6 Å². The lowest BCUT2D eigenvalue weighted by atomic mass is 10.2. The average Bonchev–Trinajstić information content (AvgIpc) is 3.41. The first-order valence-electron chi connectivity index (χ1n) is 9.60. The summed E-state index contributed by atoms with van der Waals surface area (Å²) >= 11 is 0. The van der Waals surface area contributed by atoms with Crippen molar-refractivity contribution >= 4 is 16.9 Å². The van der Waals surface area contributed by atoms with E-state index in [4.69, 9.17) is 16.2 Å². The molecule has 32 heavy (non-hydrogen) atoms. The molecule has 0 radical (unpaired) electrons. The Labute approximate surface area is 182 Å². The molecule has 5 rings (SSSR count).